The average molecular weight is 255 g/mol. The van der Waals surface area contributed by atoms with Crippen molar-refractivity contribution in [2.24, 2.45) is 0 Å². The van der Waals surface area contributed by atoms with Crippen molar-refractivity contribution in [2.75, 3.05) is 7.05 Å². The Morgan fingerprint density at radius 2 is 1.82 bits per heavy atom. The molecule has 0 unspecified atom stereocenters. The highest BCUT2D eigenvalue weighted by molar-refractivity contribution is 7.89. The predicted molar refractivity (Wildman–Crippen MR) is 65.3 cm³/mol. The second kappa shape index (κ2) is 4.66. The first-order chi connectivity index (χ1) is 8.03. The van der Waals surface area contributed by atoms with Crippen molar-refractivity contribution < 1.29 is 13.5 Å². The van der Waals surface area contributed by atoms with Gasteiger partial charge in [0, 0.05) is 13.1 Å². The molecule has 1 aromatic carbocycles. The molecular weight excluding hydrogens is 238 g/mol. The van der Waals surface area contributed by atoms with Crippen molar-refractivity contribution in [1.29, 1.82) is 0 Å². The van der Waals surface area contributed by atoms with E-state index < -0.39 is 10.0 Å². The number of phenols is 1. The maximum atomic E-state index is 12.3. The van der Waals surface area contributed by atoms with Crippen molar-refractivity contribution in [1.82, 2.24) is 4.31 Å². The smallest absolute Gasteiger partial charge is 0.246 e. The number of para-hydroxylation sites is 1. The molecule has 0 atom stereocenters. The summed E-state index contributed by atoms with van der Waals surface area (Å²) in [5.74, 6) is -0.183. The monoisotopic (exact) mass is 255 g/mol. The predicted octanol–water partition coefficient (Wildman–Crippen LogP) is 1.96. The number of aromatic hydroxyl groups is 1. The molecule has 1 aromatic rings. The minimum absolute atomic E-state index is 0.00519. The largest absolute Gasteiger partial charge is 0.507 e. The fourth-order valence-electron chi connectivity index (χ4n) is 2.29. The summed E-state index contributed by atoms with van der Waals surface area (Å²) in [5.41, 5.74) is 0. The number of phenolic OH excluding ortho intramolecular Hbond substituents is 1. The van der Waals surface area contributed by atoms with E-state index in [0.717, 1.165) is 25.7 Å². The third-order valence-electron chi connectivity index (χ3n) is 3.36. The maximum Gasteiger partial charge on any atom is 0.246 e. The first kappa shape index (κ1) is 12.4. The molecule has 1 aliphatic rings. The van der Waals surface area contributed by atoms with Crippen molar-refractivity contribution in [3.63, 3.8) is 0 Å². The first-order valence-electron chi connectivity index (χ1n) is 5.79. The highest BCUT2D eigenvalue weighted by Gasteiger charge is 2.31. The molecule has 1 saturated carbocycles. The molecule has 0 amide bonds. The molecule has 94 valence electrons. The van der Waals surface area contributed by atoms with Crippen LogP contribution in [-0.4, -0.2) is 30.9 Å². The van der Waals surface area contributed by atoms with Gasteiger partial charge in [0.15, 0.2) is 0 Å². The van der Waals surface area contributed by atoms with Crippen molar-refractivity contribution in [2.45, 2.75) is 36.6 Å². The molecule has 0 heterocycles. The van der Waals surface area contributed by atoms with Crippen LogP contribution < -0.4 is 0 Å². The van der Waals surface area contributed by atoms with Gasteiger partial charge in [0.25, 0.3) is 0 Å². The molecule has 1 N–H and O–H groups in total. The SMILES string of the molecule is CN(C1CCCC1)S(=O)(=O)c1ccccc1O. The summed E-state index contributed by atoms with van der Waals surface area (Å²) in [5, 5.41) is 9.63. The minimum Gasteiger partial charge on any atom is -0.507 e. The summed E-state index contributed by atoms with van der Waals surface area (Å²) < 4.78 is 26.0. The van der Waals surface area contributed by atoms with E-state index in [1.165, 1.54) is 16.4 Å². The van der Waals surface area contributed by atoms with Crippen LogP contribution in [0.1, 0.15) is 25.7 Å². The van der Waals surface area contributed by atoms with Crippen LogP contribution in [0.4, 0.5) is 0 Å². The Hall–Kier alpha value is -1.07. The van der Waals surface area contributed by atoms with Crippen LogP contribution in [0.3, 0.4) is 0 Å². The quantitative estimate of drug-likeness (QED) is 0.898. The van der Waals surface area contributed by atoms with E-state index in [1.807, 2.05) is 0 Å². The minimum atomic E-state index is -3.57. The summed E-state index contributed by atoms with van der Waals surface area (Å²) in [6.07, 6.45) is 3.96. The van der Waals surface area contributed by atoms with E-state index in [0.29, 0.717) is 0 Å². The molecule has 0 bridgehead atoms. The third kappa shape index (κ3) is 2.30. The van der Waals surface area contributed by atoms with Gasteiger partial charge in [-0.25, -0.2) is 8.42 Å². The van der Waals surface area contributed by atoms with Gasteiger partial charge in [-0.05, 0) is 25.0 Å². The highest BCUT2D eigenvalue weighted by Crippen LogP contribution is 2.30. The summed E-state index contributed by atoms with van der Waals surface area (Å²) in [4.78, 5) is -0.00519. The number of sulfonamides is 1. The Morgan fingerprint density at radius 1 is 1.24 bits per heavy atom. The van der Waals surface area contributed by atoms with E-state index in [9.17, 15) is 13.5 Å². The van der Waals surface area contributed by atoms with Gasteiger partial charge in [-0.3, -0.25) is 0 Å². The first-order valence-corrected chi connectivity index (χ1v) is 7.23. The topological polar surface area (TPSA) is 57.6 Å². The molecule has 0 saturated heterocycles. The maximum absolute atomic E-state index is 12.3. The van der Waals surface area contributed by atoms with Crippen LogP contribution in [0.2, 0.25) is 0 Å². The molecule has 17 heavy (non-hydrogen) atoms. The van der Waals surface area contributed by atoms with E-state index in [4.69, 9.17) is 0 Å². The molecular formula is C12H17NO3S. The van der Waals surface area contributed by atoms with Gasteiger partial charge in [-0.2, -0.15) is 4.31 Å². The zero-order valence-corrected chi connectivity index (χ0v) is 10.7. The average Bonchev–Trinajstić information content (AvgIpc) is 2.81. The normalized spacial score (nSPS) is 17.8. The van der Waals surface area contributed by atoms with Gasteiger partial charge < -0.3 is 5.11 Å². The van der Waals surface area contributed by atoms with Crippen molar-refractivity contribution >= 4 is 10.0 Å². The third-order valence-corrected chi connectivity index (χ3v) is 5.32. The molecule has 0 aliphatic heterocycles. The van der Waals surface area contributed by atoms with Gasteiger partial charge in [0.2, 0.25) is 10.0 Å². The Balaban J connectivity index is 2.33. The molecule has 5 heteroatoms. The van der Waals surface area contributed by atoms with Crippen LogP contribution in [0.15, 0.2) is 29.2 Å². The van der Waals surface area contributed by atoms with E-state index in [-0.39, 0.29) is 16.7 Å². The lowest BCUT2D eigenvalue weighted by atomic mass is 10.3. The zero-order chi connectivity index (χ0) is 12.5. The molecule has 1 fully saturated rings. The van der Waals surface area contributed by atoms with E-state index >= 15 is 0 Å². The Labute approximate surface area is 102 Å². The number of benzene rings is 1. The van der Waals surface area contributed by atoms with Crippen LogP contribution in [-0.2, 0) is 10.0 Å². The van der Waals surface area contributed by atoms with Crippen LogP contribution in [0, 0.1) is 0 Å². The zero-order valence-electron chi connectivity index (χ0n) is 9.83. The highest BCUT2D eigenvalue weighted by atomic mass is 32.2. The lowest BCUT2D eigenvalue weighted by Gasteiger charge is -2.23. The molecule has 0 radical (unpaired) electrons. The van der Waals surface area contributed by atoms with E-state index in [1.54, 1.807) is 19.2 Å². The molecule has 4 nitrogen and oxygen atoms in total. The summed E-state index contributed by atoms with van der Waals surface area (Å²) >= 11 is 0. The summed E-state index contributed by atoms with van der Waals surface area (Å²) in [7, 11) is -1.97. The van der Waals surface area contributed by atoms with Gasteiger partial charge in [0.1, 0.15) is 10.6 Å². The summed E-state index contributed by atoms with van der Waals surface area (Å²) in [6.45, 7) is 0. The van der Waals surface area contributed by atoms with Crippen LogP contribution >= 0.6 is 0 Å². The second-order valence-corrected chi connectivity index (χ2v) is 6.39. The van der Waals surface area contributed by atoms with Crippen LogP contribution in [0.5, 0.6) is 5.75 Å². The molecule has 1 aliphatic carbocycles. The van der Waals surface area contributed by atoms with Crippen LogP contribution in [0.25, 0.3) is 0 Å². The number of nitrogens with zero attached hydrogens (tertiary/aromatic N) is 1. The number of rotatable bonds is 3. The van der Waals surface area contributed by atoms with Gasteiger partial charge >= 0.3 is 0 Å². The fraction of sp³-hybridized carbons (Fsp3) is 0.500. The van der Waals surface area contributed by atoms with E-state index in [2.05, 4.69) is 0 Å². The van der Waals surface area contributed by atoms with Gasteiger partial charge in [-0.15, -0.1) is 0 Å². The number of hydrogen-bond donors (Lipinski definition) is 1. The standard InChI is InChI=1S/C12H17NO3S/c1-13(10-6-2-3-7-10)17(15,16)12-9-5-4-8-11(12)14/h4-5,8-10,14H,2-3,6-7H2,1H3. The lowest BCUT2D eigenvalue weighted by Crippen LogP contribution is -2.35. The fourth-order valence-corrected chi connectivity index (χ4v) is 3.79. The van der Waals surface area contributed by atoms with Gasteiger partial charge in [-0.1, -0.05) is 25.0 Å². The molecule has 0 aromatic heterocycles. The van der Waals surface area contributed by atoms with Crippen molar-refractivity contribution in [3.05, 3.63) is 24.3 Å². The van der Waals surface area contributed by atoms with Gasteiger partial charge in [0.05, 0.1) is 0 Å². The molecule has 0 spiro atoms. The Morgan fingerprint density at radius 3 is 2.41 bits per heavy atom. The Kier molecular flexibility index (Phi) is 3.40. The lowest BCUT2D eigenvalue weighted by molar-refractivity contribution is 0.369. The van der Waals surface area contributed by atoms with Crippen molar-refractivity contribution in [3.8, 4) is 5.75 Å². The summed E-state index contributed by atoms with van der Waals surface area (Å²) in [6, 6.07) is 6.14. The Bertz CT molecular complexity index is 492. The molecule has 2 rings (SSSR count). The number of hydrogen-bond acceptors (Lipinski definition) is 3. The second-order valence-electron chi connectivity index (χ2n) is 4.43.